The summed E-state index contributed by atoms with van der Waals surface area (Å²) in [5.41, 5.74) is 3.27. The van der Waals surface area contributed by atoms with Crippen LogP contribution in [0.15, 0.2) is 30.3 Å². The SMILES string of the molecule is CCC1CCCCN1C(=O)c1cc(C)nc(Nc2ccc(N(C)C)cc2)n1. The number of piperidine rings is 1. The van der Waals surface area contributed by atoms with Crippen LogP contribution in [0.1, 0.15) is 48.8 Å². The molecule has 1 aliphatic rings. The third-order valence-electron chi connectivity index (χ3n) is 5.07. The second kappa shape index (κ2) is 8.37. The molecule has 1 aromatic carbocycles. The van der Waals surface area contributed by atoms with Crippen molar-refractivity contribution >= 4 is 23.2 Å². The Morgan fingerprint density at radius 3 is 2.63 bits per heavy atom. The minimum atomic E-state index is 0.0121. The third kappa shape index (κ3) is 4.56. The highest BCUT2D eigenvalue weighted by Gasteiger charge is 2.27. The summed E-state index contributed by atoms with van der Waals surface area (Å²) in [6.07, 6.45) is 4.32. The molecule has 0 radical (unpaired) electrons. The first-order chi connectivity index (χ1) is 13.0. The Kier molecular flexibility index (Phi) is 5.94. The first-order valence-electron chi connectivity index (χ1n) is 9.69. The lowest BCUT2D eigenvalue weighted by Crippen LogP contribution is -2.43. The number of nitrogens with zero attached hydrogens (tertiary/aromatic N) is 4. The lowest BCUT2D eigenvalue weighted by Gasteiger charge is -2.35. The molecule has 1 fully saturated rings. The standard InChI is InChI=1S/C21H29N5O/c1-5-17-8-6-7-13-26(17)20(27)19-14-15(2)22-21(24-19)23-16-9-11-18(12-10-16)25(3)4/h9-12,14,17H,5-8,13H2,1-4H3,(H,22,23,24). The number of amides is 1. The quantitative estimate of drug-likeness (QED) is 0.865. The summed E-state index contributed by atoms with van der Waals surface area (Å²) in [5.74, 6) is 0.471. The van der Waals surface area contributed by atoms with E-state index in [-0.39, 0.29) is 5.91 Å². The zero-order valence-electron chi connectivity index (χ0n) is 16.7. The number of benzene rings is 1. The van der Waals surface area contributed by atoms with Crippen molar-refractivity contribution in [3.63, 3.8) is 0 Å². The molecule has 6 heteroatoms. The highest BCUT2D eigenvalue weighted by atomic mass is 16.2. The molecule has 0 bridgehead atoms. The Balaban J connectivity index is 1.80. The zero-order chi connectivity index (χ0) is 19.4. The molecule has 0 aliphatic carbocycles. The number of hydrogen-bond acceptors (Lipinski definition) is 5. The van der Waals surface area contributed by atoms with E-state index in [0.29, 0.717) is 17.7 Å². The summed E-state index contributed by atoms with van der Waals surface area (Å²) >= 11 is 0. The number of aryl methyl sites for hydroxylation is 1. The van der Waals surface area contributed by atoms with E-state index in [2.05, 4.69) is 22.2 Å². The predicted molar refractivity (Wildman–Crippen MR) is 110 cm³/mol. The monoisotopic (exact) mass is 367 g/mol. The van der Waals surface area contributed by atoms with E-state index in [9.17, 15) is 4.79 Å². The average molecular weight is 367 g/mol. The molecule has 1 amide bonds. The number of aromatic nitrogens is 2. The summed E-state index contributed by atoms with van der Waals surface area (Å²) in [6, 6.07) is 10.1. The number of carbonyl (C=O) groups is 1. The number of nitrogens with one attached hydrogen (secondary N) is 1. The van der Waals surface area contributed by atoms with Crippen LogP contribution in [0.3, 0.4) is 0 Å². The van der Waals surface area contributed by atoms with Crippen LogP contribution in [-0.2, 0) is 0 Å². The molecule has 1 N–H and O–H groups in total. The van der Waals surface area contributed by atoms with Crippen LogP contribution in [-0.4, -0.2) is 47.5 Å². The molecule has 1 aliphatic heterocycles. The van der Waals surface area contributed by atoms with Gasteiger partial charge in [-0.15, -0.1) is 0 Å². The van der Waals surface area contributed by atoms with Gasteiger partial charge in [-0.3, -0.25) is 4.79 Å². The maximum Gasteiger partial charge on any atom is 0.272 e. The summed E-state index contributed by atoms with van der Waals surface area (Å²) in [4.78, 5) is 26.0. The van der Waals surface area contributed by atoms with Gasteiger partial charge in [-0.1, -0.05) is 6.92 Å². The number of carbonyl (C=O) groups excluding carboxylic acids is 1. The van der Waals surface area contributed by atoms with Gasteiger partial charge in [0.25, 0.3) is 5.91 Å². The van der Waals surface area contributed by atoms with Gasteiger partial charge in [-0.05, 0) is 62.9 Å². The van der Waals surface area contributed by atoms with E-state index in [1.54, 1.807) is 6.07 Å². The Morgan fingerprint density at radius 1 is 1.22 bits per heavy atom. The molecule has 0 saturated carbocycles. The minimum absolute atomic E-state index is 0.0121. The van der Waals surface area contributed by atoms with Gasteiger partial charge in [0.1, 0.15) is 5.69 Å². The number of rotatable bonds is 5. The summed E-state index contributed by atoms with van der Waals surface area (Å²) in [5, 5.41) is 3.22. The van der Waals surface area contributed by atoms with Crippen molar-refractivity contribution in [3.8, 4) is 0 Å². The maximum absolute atomic E-state index is 13.0. The van der Waals surface area contributed by atoms with Gasteiger partial charge in [0.2, 0.25) is 5.95 Å². The largest absolute Gasteiger partial charge is 0.378 e. The molecule has 2 aromatic rings. The summed E-state index contributed by atoms with van der Waals surface area (Å²) < 4.78 is 0. The molecule has 144 valence electrons. The van der Waals surface area contributed by atoms with E-state index in [0.717, 1.165) is 42.9 Å². The van der Waals surface area contributed by atoms with Crippen molar-refractivity contribution in [3.05, 3.63) is 41.7 Å². The molecule has 0 spiro atoms. The lowest BCUT2D eigenvalue weighted by molar-refractivity contribution is 0.0602. The van der Waals surface area contributed by atoms with Crippen LogP contribution in [0, 0.1) is 6.92 Å². The second-order valence-corrected chi connectivity index (χ2v) is 7.34. The summed E-state index contributed by atoms with van der Waals surface area (Å²) in [7, 11) is 4.02. The van der Waals surface area contributed by atoms with Crippen molar-refractivity contribution in [2.75, 3.05) is 30.9 Å². The fourth-order valence-corrected chi connectivity index (χ4v) is 3.55. The average Bonchev–Trinajstić information content (AvgIpc) is 2.67. The Morgan fingerprint density at radius 2 is 1.96 bits per heavy atom. The molecule has 27 heavy (non-hydrogen) atoms. The fraction of sp³-hybridized carbons (Fsp3) is 0.476. The van der Waals surface area contributed by atoms with Gasteiger partial charge >= 0.3 is 0 Å². The third-order valence-corrected chi connectivity index (χ3v) is 5.07. The van der Waals surface area contributed by atoms with Crippen LogP contribution in [0.25, 0.3) is 0 Å². The highest BCUT2D eigenvalue weighted by molar-refractivity contribution is 5.93. The Bertz CT molecular complexity index is 788. The van der Waals surface area contributed by atoms with E-state index in [4.69, 9.17) is 0 Å². The van der Waals surface area contributed by atoms with Gasteiger partial charge in [-0.2, -0.15) is 0 Å². The first kappa shape index (κ1) is 19.1. The number of hydrogen-bond donors (Lipinski definition) is 1. The van der Waals surface area contributed by atoms with E-state index in [1.807, 2.05) is 55.1 Å². The first-order valence-corrected chi connectivity index (χ1v) is 9.69. The van der Waals surface area contributed by atoms with Crippen LogP contribution in [0.2, 0.25) is 0 Å². The molecule has 6 nitrogen and oxygen atoms in total. The van der Waals surface area contributed by atoms with E-state index >= 15 is 0 Å². The number of likely N-dealkylation sites (tertiary alicyclic amines) is 1. The zero-order valence-corrected chi connectivity index (χ0v) is 16.7. The Hall–Kier alpha value is -2.63. The molecule has 1 atom stereocenters. The molecule has 1 saturated heterocycles. The molecular formula is C21H29N5O. The predicted octanol–water partition coefficient (Wildman–Crippen LogP) is 4.00. The molecule has 3 rings (SSSR count). The second-order valence-electron chi connectivity index (χ2n) is 7.34. The van der Waals surface area contributed by atoms with Gasteiger partial charge in [0.15, 0.2) is 0 Å². The van der Waals surface area contributed by atoms with Crippen molar-refractivity contribution in [1.82, 2.24) is 14.9 Å². The normalized spacial score (nSPS) is 16.9. The lowest BCUT2D eigenvalue weighted by atomic mass is 9.99. The topological polar surface area (TPSA) is 61.4 Å². The van der Waals surface area contributed by atoms with Gasteiger partial charge < -0.3 is 15.1 Å². The van der Waals surface area contributed by atoms with Gasteiger partial charge in [0, 0.05) is 43.8 Å². The van der Waals surface area contributed by atoms with Crippen LogP contribution < -0.4 is 10.2 Å². The maximum atomic E-state index is 13.0. The molecular weight excluding hydrogens is 338 g/mol. The highest BCUT2D eigenvalue weighted by Crippen LogP contribution is 2.23. The smallest absolute Gasteiger partial charge is 0.272 e. The van der Waals surface area contributed by atoms with E-state index < -0.39 is 0 Å². The Labute approximate surface area is 161 Å². The molecule has 1 aromatic heterocycles. The molecule has 1 unspecified atom stereocenters. The number of anilines is 3. The van der Waals surface area contributed by atoms with Crippen LogP contribution in [0.5, 0.6) is 0 Å². The van der Waals surface area contributed by atoms with Gasteiger partial charge in [-0.25, -0.2) is 9.97 Å². The minimum Gasteiger partial charge on any atom is -0.378 e. The van der Waals surface area contributed by atoms with Crippen LogP contribution >= 0.6 is 0 Å². The van der Waals surface area contributed by atoms with Crippen LogP contribution in [0.4, 0.5) is 17.3 Å². The van der Waals surface area contributed by atoms with Crippen molar-refractivity contribution in [2.45, 2.75) is 45.6 Å². The van der Waals surface area contributed by atoms with E-state index in [1.165, 1.54) is 6.42 Å². The fourth-order valence-electron chi connectivity index (χ4n) is 3.55. The van der Waals surface area contributed by atoms with Crippen molar-refractivity contribution in [2.24, 2.45) is 0 Å². The van der Waals surface area contributed by atoms with Gasteiger partial charge in [0.05, 0.1) is 0 Å². The molecule has 2 heterocycles. The summed E-state index contributed by atoms with van der Waals surface area (Å²) in [6.45, 7) is 4.85. The van der Waals surface area contributed by atoms with Crippen molar-refractivity contribution in [1.29, 1.82) is 0 Å². The van der Waals surface area contributed by atoms with Crippen molar-refractivity contribution < 1.29 is 4.79 Å².